The standard InChI is InChI=1S/C7H20N2OS2/c1-7(2,3)11(4,5)9-12(6,8)10/h1-6H3,(H2,8,9,10). The first-order valence-corrected chi connectivity index (χ1v) is 8.12. The monoisotopic (exact) mass is 212 g/mol. The van der Waals surface area contributed by atoms with Crippen molar-refractivity contribution in [2.75, 3.05) is 18.8 Å². The Morgan fingerprint density at radius 2 is 1.50 bits per heavy atom. The second-order valence-electron chi connectivity index (χ2n) is 4.37. The summed E-state index contributed by atoms with van der Waals surface area (Å²) in [6.07, 6.45) is 5.52. The average Bonchev–Trinajstić information content (AvgIpc) is 1.52. The van der Waals surface area contributed by atoms with Gasteiger partial charge in [-0.2, -0.15) is 14.3 Å². The smallest absolute Gasteiger partial charge is 0.110 e. The average molecular weight is 212 g/mol. The van der Waals surface area contributed by atoms with Crippen molar-refractivity contribution in [3.8, 4) is 0 Å². The fourth-order valence-electron chi connectivity index (χ4n) is 0.523. The Kier molecular flexibility index (Phi) is 3.26. The maximum absolute atomic E-state index is 11.2. The molecular formula is C7H20N2OS2. The Labute approximate surface area is 77.9 Å². The van der Waals surface area contributed by atoms with Crippen LogP contribution in [0.4, 0.5) is 0 Å². The summed E-state index contributed by atoms with van der Waals surface area (Å²) >= 11 is 0. The highest BCUT2D eigenvalue weighted by Gasteiger charge is 2.29. The van der Waals surface area contributed by atoms with E-state index in [0.29, 0.717) is 0 Å². The van der Waals surface area contributed by atoms with Gasteiger partial charge >= 0.3 is 0 Å². The van der Waals surface area contributed by atoms with Crippen LogP contribution in [0.3, 0.4) is 0 Å². The summed E-state index contributed by atoms with van der Waals surface area (Å²) in [7, 11) is -3.75. The van der Waals surface area contributed by atoms with Gasteiger partial charge in [0.1, 0.15) is 9.92 Å². The Balaban J connectivity index is 4.67. The number of hydrogen-bond acceptors (Lipinski definition) is 2. The van der Waals surface area contributed by atoms with E-state index >= 15 is 0 Å². The van der Waals surface area contributed by atoms with Gasteiger partial charge in [-0.3, -0.25) is 0 Å². The van der Waals surface area contributed by atoms with Gasteiger partial charge in [0.05, 0.1) is 0 Å². The summed E-state index contributed by atoms with van der Waals surface area (Å²) in [5.74, 6) is 0. The van der Waals surface area contributed by atoms with Crippen LogP contribution in [-0.4, -0.2) is 27.7 Å². The molecule has 0 aliphatic rings. The predicted molar refractivity (Wildman–Crippen MR) is 59.1 cm³/mol. The van der Waals surface area contributed by atoms with Crippen LogP contribution in [0.1, 0.15) is 20.8 Å². The SMILES string of the molecule is CC(C)(C)S(C)(C)NS(C)(=N)=O. The van der Waals surface area contributed by atoms with E-state index in [4.69, 9.17) is 4.78 Å². The Hall–Kier alpha value is 0.260. The quantitative estimate of drug-likeness (QED) is 0.722. The molecule has 0 aliphatic carbocycles. The predicted octanol–water partition coefficient (Wildman–Crippen LogP) is 1.95. The molecule has 0 aromatic carbocycles. The highest BCUT2D eigenvalue weighted by molar-refractivity contribution is 8.36. The first-order valence-electron chi connectivity index (χ1n) is 3.71. The summed E-state index contributed by atoms with van der Waals surface area (Å²) in [6, 6.07) is 0. The van der Waals surface area contributed by atoms with Gasteiger partial charge < -0.3 is 0 Å². The van der Waals surface area contributed by atoms with Gasteiger partial charge in [-0.15, -0.1) is 0 Å². The van der Waals surface area contributed by atoms with Gasteiger partial charge in [0, 0.05) is 11.0 Å². The van der Waals surface area contributed by atoms with Crippen LogP contribution >= 0.6 is 10.2 Å². The van der Waals surface area contributed by atoms with Crippen molar-refractivity contribution in [1.29, 1.82) is 4.78 Å². The van der Waals surface area contributed by atoms with Crippen LogP contribution in [0.25, 0.3) is 0 Å². The van der Waals surface area contributed by atoms with Crippen LogP contribution in [-0.2, 0) is 9.92 Å². The van der Waals surface area contributed by atoms with Crippen molar-refractivity contribution in [3.63, 3.8) is 0 Å². The van der Waals surface area contributed by atoms with E-state index in [1.54, 1.807) is 0 Å². The molecular weight excluding hydrogens is 192 g/mol. The van der Waals surface area contributed by atoms with Crippen molar-refractivity contribution < 1.29 is 4.21 Å². The molecule has 0 saturated heterocycles. The Morgan fingerprint density at radius 1 is 1.17 bits per heavy atom. The summed E-state index contributed by atoms with van der Waals surface area (Å²) in [5.41, 5.74) is 0. The Morgan fingerprint density at radius 3 is 1.58 bits per heavy atom. The van der Waals surface area contributed by atoms with Crippen molar-refractivity contribution in [1.82, 2.24) is 4.13 Å². The first-order chi connectivity index (χ1) is 4.96. The number of nitrogens with one attached hydrogen (secondary N) is 2. The molecule has 0 heterocycles. The van der Waals surface area contributed by atoms with Crippen LogP contribution in [0.5, 0.6) is 0 Å². The molecule has 0 aromatic rings. The molecule has 0 fully saturated rings. The highest BCUT2D eigenvalue weighted by atomic mass is 32.3. The lowest BCUT2D eigenvalue weighted by molar-refractivity contribution is 0.676. The van der Waals surface area contributed by atoms with Crippen molar-refractivity contribution >= 4 is 20.1 Å². The Bertz CT molecular complexity index is 249. The second-order valence-corrected chi connectivity index (χ2v) is 10.6. The van der Waals surface area contributed by atoms with Crippen molar-refractivity contribution in [2.24, 2.45) is 0 Å². The fourth-order valence-corrected chi connectivity index (χ4v) is 4.70. The molecule has 2 N–H and O–H groups in total. The van der Waals surface area contributed by atoms with Gasteiger partial charge in [-0.05, 0) is 12.5 Å². The summed E-state index contributed by atoms with van der Waals surface area (Å²) in [6.45, 7) is 6.29. The third kappa shape index (κ3) is 3.78. The lowest BCUT2D eigenvalue weighted by Gasteiger charge is -2.44. The van der Waals surface area contributed by atoms with E-state index in [1.165, 1.54) is 6.26 Å². The molecule has 0 amide bonds. The van der Waals surface area contributed by atoms with Crippen molar-refractivity contribution in [3.05, 3.63) is 0 Å². The largest absolute Gasteiger partial charge is 0.240 e. The molecule has 0 rings (SSSR count). The minimum Gasteiger partial charge on any atom is -0.240 e. The van der Waals surface area contributed by atoms with Crippen LogP contribution in [0.15, 0.2) is 0 Å². The molecule has 1 atom stereocenters. The minimum absolute atomic E-state index is 0.0761. The molecule has 76 valence electrons. The van der Waals surface area contributed by atoms with Crippen LogP contribution < -0.4 is 4.13 Å². The van der Waals surface area contributed by atoms with E-state index in [9.17, 15) is 4.21 Å². The van der Waals surface area contributed by atoms with Crippen LogP contribution in [0.2, 0.25) is 0 Å². The maximum atomic E-state index is 11.2. The lowest BCUT2D eigenvalue weighted by Crippen LogP contribution is -2.36. The summed E-state index contributed by atoms with van der Waals surface area (Å²) < 4.78 is 21.5. The molecule has 0 bridgehead atoms. The van der Waals surface area contributed by atoms with Gasteiger partial charge in [0.2, 0.25) is 0 Å². The van der Waals surface area contributed by atoms with Crippen LogP contribution in [0, 0.1) is 4.78 Å². The molecule has 3 nitrogen and oxygen atoms in total. The van der Waals surface area contributed by atoms with E-state index < -0.39 is 20.1 Å². The zero-order chi connectivity index (χ0) is 10.2. The van der Waals surface area contributed by atoms with Gasteiger partial charge in [-0.25, -0.2) is 8.99 Å². The van der Waals surface area contributed by atoms with E-state index in [0.717, 1.165) is 0 Å². The normalized spacial score (nSPS) is 20.2. The number of rotatable bonds is 2. The molecule has 0 saturated carbocycles. The van der Waals surface area contributed by atoms with E-state index in [-0.39, 0.29) is 4.75 Å². The van der Waals surface area contributed by atoms with E-state index in [1.807, 2.05) is 12.5 Å². The zero-order valence-corrected chi connectivity index (χ0v) is 10.4. The van der Waals surface area contributed by atoms with Gasteiger partial charge in [0.25, 0.3) is 0 Å². The molecule has 0 aliphatic heterocycles. The molecule has 5 heteroatoms. The molecule has 12 heavy (non-hydrogen) atoms. The first kappa shape index (κ1) is 12.3. The maximum Gasteiger partial charge on any atom is 0.110 e. The topological polar surface area (TPSA) is 53.0 Å². The van der Waals surface area contributed by atoms with Gasteiger partial charge in [0.15, 0.2) is 0 Å². The van der Waals surface area contributed by atoms with Gasteiger partial charge in [-0.1, -0.05) is 20.8 Å². The molecule has 1 unspecified atom stereocenters. The summed E-state index contributed by atoms with van der Waals surface area (Å²) in [5, 5.41) is 0. The molecule has 0 radical (unpaired) electrons. The minimum atomic E-state index is -2.58. The van der Waals surface area contributed by atoms with E-state index in [2.05, 4.69) is 24.9 Å². The molecule has 0 spiro atoms. The third-order valence-corrected chi connectivity index (χ3v) is 7.90. The lowest BCUT2D eigenvalue weighted by atomic mass is 10.3. The highest BCUT2D eigenvalue weighted by Crippen LogP contribution is 2.49. The second kappa shape index (κ2) is 3.20. The fraction of sp³-hybridized carbons (Fsp3) is 1.00. The zero-order valence-electron chi connectivity index (χ0n) is 8.72. The van der Waals surface area contributed by atoms with Crippen molar-refractivity contribution in [2.45, 2.75) is 25.5 Å². The summed E-state index contributed by atoms with van der Waals surface area (Å²) in [4.78, 5) is 0. The number of hydrogen-bond donors (Lipinski definition) is 2. The molecule has 0 aromatic heterocycles. The third-order valence-electron chi connectivity index (χ3n) is 1.90.